The maximum absolute atomic E-state index is 13.2. The smallest absolute Gasteiger partial charge is 0.251 e. The molecule has 2 amide bonds. The minimum atomic E-state index is -3.88. The van der Waals surface area contributed by atoms with Crippen molar-refractivity contribution in [1.82, 2.24) is 14.5 Å². The zero-order valence-electron chi connectivity index (χ0n) is 19.0. The maximum Gasteiger partial charge on any atom is 0.251 e. The zero-order chi connectivity index (χ0) is 23.6. The van der Waals surface area contributed by atoms with Crippen LogP contribution in [0.3, 0.4) is 0 Å². The molecule has 0 aliphatic carbocycles. The van der Waals surface area contributed by atoms with Crippen LogP contribution in [-0.2, 0) is 19.6 Å². The lowest BCUT2D eigenvalue weighted by Gasteiger charge is -2.34. The molecule has 1 aromatic carbocycles. The van der Waals surface area contributed by atoms with Gasteiger partial charge in [-0.05, 0) is 44.9 Å². The number of rotatable bonds is 5. The number of piperidine rings is 1. The number of morpholine rings is 1. The lowest BCUT2D eigenvalue weighted by atomic mass is 10.0. The molecule has 0 saturated carbocycles. The highest BCUT2D eigenvalue weighted by Gasteiger charge is 2.34. The van der Waals surface area contributed by atoms with Crippen molar-refractivity contribution >= 4 is 33.4 Å². The number of nitrogens with one attached hydrogen (secondary N) is 1. The van der Waals surface area contributed by atoms with Gasteiger partial charge < -0.3 is 15.0 Å². The first-order chi connectivity index (χ1) is 15.0. The van der Waals surface area contributed by atoms with Gasteiger partial charge in [0.05, 0.1) is 17.2 Å². The largest absolute Gasteiger partial charge is 0.373 e. The van der Waals surface area contributed by atoms with E-state index in [2.05, 4.69) is 5.32 Å². The molecule has 2 saturated heterocycles. The summed E-state index contributed by atoms with van der Waals surface area (Å²) >= 11 is 6.23. The molecule has 0 spiro atoms. The van der Waals surface area contributed by atoms with E-state index in [-0.39, 0.29) is 64.6 Å². The third-order valence-corrected chi connectivity index (χ3v) is 8.15. The van der Waals surface area contributed by atoms with E-state index in [1.165, 1.54) is 22.5 Å². The fourth-order valence-corrected chi connectivity index (χ4v) is 6.28. The molecule has 0 bridgehead atoms. The standard InChI is InChI=1S/C22H32ClN3O5S/c1-14(2)22(28)25-9-7-18(8-10-25)24-21(27)17-5-6-19(23)20(11-17)32(29,30)26-12-15(3)31-16(4)13-26/h5-6,11,14-16,18H,7-10,12-13H2,1-4H3,(H,24,27). The molecule has 2 aliphatic rings. The number of likely N-dealkylation sites (tertiary alicyclic amines) is 1. The number of sulfonamides is 1. The van der Waals surface area contributed by atoms with Crippen molar-refractivity contribution in [1.29, 1.82) is 0 Å². The number of benzene rings is 1. The maximum atomic E-state index is 13.2. The van der Waals surface area contributed by atoms with Crippen LogP contribution in [0.15, 0.2) is 23.1 Å². The van der Waals surface area contributed by atoms with Gasteiger partial charge >= 0.3 is 0 Å². The van der Waals surface area contributed by atoms with Gasteiger partial charge in [0.1, 0.15) is 4.90 Å². The molecule has 178 valence electrons. The van der Waals surface area contributed by atoms with Gasteiger partial charge in [0, 0.05) is 43.7 Å². The van der Waals surface area contributed by atoms with Crippen LogP contribution in [0, 0.1) is 5.92 Å². The fourth-order valence-electron chi connectivity index (χ4n) is 4.19. The number of hydrogen-bond acceptors (Lipinski definition) is 5. The Labute approximate surface area is 195 Å². The van der Waals surface area contributed by atoms with Crippen LogP contribution < -0.4 is 5.32 Å². The zero-order valence-corrected chi connectivity index (χ0v) is 20.6. The van der Waals surface area contributed by atoms with Crippen molar-refractivity contribution in [2.45, 2.75) is 63.7 Å². The molecule has 1 N–H and O–H groups in total. The van der Waals surface area contributed by atoms with Gasteiger partial charge in [-0.15, -0.1) is 0 Å². The van der Waals surface area contributed by atoms with E-state index in [1.54, 1.807) is 0 Å². The minimum Gasteiger partial charge on any atom is -0.373 e. The van der Waals surface area contributed by atoms with Crippen LogP contribution in [-0.4, -0.2) is 73.9 Å². The second-order valence-electron chi connectivity index (χ2n) is 8.95. The summed E-state index contributed by atoms with van der Waals surface area (Å²) in [4.78, 5) is 26.7. The number of hydrogen-bond donors (Lipinski definition) is 1. The van der Waals surface area contributed by atoms with E-state index >= 15 is 0 Å². The Kier molecular flexibility index (Phi) is 7.85. The fraction of sp³-hybridized carbons (Fsp3) is 0.636. The van der Waals surface area contributed by atoms with Crippen molar-refractivity contribution < 1.29 is 22.7 Å². The molecule has 0 aromatic heterocycles. The second-order valence-corrected chi connectivity index (χ2v) is 11.3. The Morgan fingerprint density at radius 2 is 1.72 bits per heavy atom. The Morgan fingerprint density at radius 1 is 1.12 bits per heavy atom. The van der Waals surface area contributed by atoms with Crippen LogP contribution in [0.25, 0.3) is 0 Å². The Hall–Kier alpha value is -1.68. The van der Waals surface area contributed by atoms with Crippen molar-refractivity contribution in [2.75, 3.05) is 26.2 Å². The third-order valence-electron chi connectivity index (χ3n) is 5.83. The van der Waals surface area contributed by atoms with Crippen LogP contribution >= 0.6 is 11.6 Å². The number of carbonyl (C=O) groups is 2. The molecular formula is C22H32ClN3O5S. The van der Waals surface area contributed by atoms with Gasteiger partial charge in [0.15, 0.2) is 0 Å². The van der Waals surface area contributed by atoms with Gasteiger partial charge in [-0.25, -0.2) is 8.42 Å². The lowest BCUT2D eigenvalue weighted by molar-refractivity contribution is -0.135. The van der Waals surface area contributed by atoms with Crippen LogP contribution in [0.1, 0.15) is 50.9 Å². The van der Waals surface area contributed by atoms with Gasteiger partial charge in [-0.3, -0.25) is 9.59 Å². The van der Waals surface area contributed by atoms with Crippen molar-refractivity contribution in [3.8, 4) is 0 Å². The van der Waals surface area contributed by atoms with E-state index in [0.717, 1.165) is 0 Å². The van der Waals surface area contributed by atoms with Gasteiger partial charge in [0.2, 0.25) is 15.9 Å². The van der Waals surface area contributed by atoms with Crippen LogP contribution in [0.5, 0.6) is 0 Å². The van der Waals surface area contributed by atoms with Gasteiger partial charge in [0.25, 0.3) is 5.91 Å². The number of carbonyl (C=O) groups excluding carboxylic acids is 2. The normalized spacial score (nSPS) is 23.4. The highest BCUT2D eigenvalue weighted by atomic mass is 35.5. The SMILES string of the molecule is CC1CN(S(=O)(=O)c2cc(C(=O)NC3CCN(C(=O)C(C)C)CC3)ccc2Cl)CC(C)O1. The second kappa shape index (κ2) is 10.1. The predicted molar refractivity (Wildman–Crippen MR) is 122 cm³/mol. The molecule has 2 unspecified atom stereocenters. The minimum absolute atomic E-state index is 0.0481. The summed E-state index contributed by atoms with van der Waals surface area (Å²) < 4.78 is 33.5. The van der Waals surface area contributed by atoms with Crippen LogP contribution in [0.2, 0.25) is 5.02 Å². The summed E-state index contributed by atoms with van der Waals surface area (Å²) in [7, 11) is -3.88. The quantitative estimate of drug-likeness (QED) is 0.691. The van der Waals surface area contributed by atoms with E-state index in [1.807, 2.05) is 32.6 Å². The predicted octanol–water partition coefficient (Wildman–Crippen LogP) is 2.51. The first kappa shape index (κ1) is 25.0. The van der Waals surface area contributed by atoms with Gasteiger partial charge in [-0.2, -0.15) is 4.31 Å². The summed E-state index contributed by atoms with van der Waals surface area (Å²) in [5, 5.41) is 3.04. The molecule has 2 heterocycles. The van der Waals surface area contributed by atoms with E-state index in [0.29, 0.717) is 25.9 Å². The molecular weight excluding hydrogens is 454 g/mol. The monoisotopic (exact) mass is 485 g/mol. The topological polar surface area (TPSA) is 96.0 Å². The third kappa shape index (κ3) is 5.62. The average molecular weight is 486 g/mol. The summed E-state index contributed by atoms with van der Waals surface area (Å²) in [5.41, 5.74) is 0.239. The molecule has 2 fully saturated rings. The first-order valence-corrected chi connectivity index (χ1v) is 12.9. The Balaban J connectivity index is 1.70. The molecule has 32 heavy (non-hydrogen) atoms. The molecule has 8 nitrogen and oxygen atoms in total. The molecule has 1 aromatic rings. The molecule has 2 aliphatic heterocycles. The van der Waals surface area contributed by atoms with Crippen molar-refractivity contribution in [3.63, 3.8) is 0 Å². The molecule has 0 radical (unpaired) electrons. The highest BCUT2D eigenvalue weighted by molar-refractivity contribution is 7.89. The first-order valence-electron chi connectivity index (χ1n) is 11.0. The Bertz CT molecular complexity index is 950. The summed E-state index contributed by atoms with van der Waals surface area (Å²) in [6, 6.07) is 4.24. The van der Waals surface area contributed by atoms with Crippen LogP contribution in [0.4, 0.5) is 0 Å². The Morgan fingerprint density at radius 3 is 2.28 bits per heavy atom. The van der Waals surface area contributed by atoms with Gasteiger partial charge in [-0.1, -0.05) is 25.4 Å². The molecule has 10 heteroatoms. The molecule has 2 atom stereocenters. The lowest BCUT2D eigenvalue weighted by Crippen LogP contribution is -2.48. The number of ether oxygens (including phenoxy) is 1. The van der Waals surface area contributed by atoms with Crippen molar-refractivity contribution in [3.05, 3.63) is 28.8 Å². The number of nitrogens with zero attached hydrogens (tertiary/aromatic N) is 2. The molecule has 3 rings (SSSR count). The van der Waals surface area contributed by atoms with Crippen molar-refractivity contribution in [2.24, 2.45) is 5.92 Å². The average Bonchev–Trinajstić information content (AvgIpc) is 2.73. The van der Waals surface area contributed by atoms with E-state index in [9.17, 15) is 18.0 Å². The van der Waals surface area contributed by atoms with E-state index < -0.39 is 10.0 Å². The van der Waals surface area contributed by atoms with E-state index in [4.69, 9.17) is 16.3 Å². The summed E-state index contributed by atoms with van der Waals surface area (Å²) in [6.07, 6.45) is 0.860. The highest BCUT2D eigenvalue weighted by Crippen LogP contribution is 2.28. The summed E-state index contributed by atoms with van der Waals surface area (Å²) in [6.45, 7) is 9.04. The number of amides is 2. The summed E-state index contributed by atoms with van der Waals surface area (Å²) in [5.74, 6) is -0.280. The number of halogens is 1.